The first-order valence-corrected chi connectivity index (χ1v) is 8.46. The number of rotatable bonds is 4. The van der Waals surface area contributed by atoms with Crippen molar-refractivity contribution in [1.82, 2.24) is 10.1 Å². The van der Waals surface area contributed by atoms with Crippen LogP contribution in [0.25, 0.3) is 0 Å². The molecule has 1 atom stereocenters. The molecule has 3 rings (SSSR count). The lowest BCUT2D eigenvalue weighted by Gasteiger charge is -2.32. The fraction of sp³-hybridized carbons (Fsp3) is 0.474. The number of piperidine rings is 1. The first kappa shape index (κ1) is 16.6. The molecule has 1 aliphatic rings. The van der Waals surface area contributed by atoms with Crippen molar-refractivity contribution in [2.75, 3.05) is 19.7 Å². The van der Waals surface area contributed by atoms with Crippen LogP contribution >= 0.6 is 0 Å². The Labute approximate surface area is 142 Å². The van der Waals surface area contributed by atoms with E-state index in [2.05, 4.69) is 18.1 Å². The Morgan fingerprint density at radius 3 is 2.92 bits per heavy atom. The molecular formula is C19H24N2O3. The van der Waals surface area contributed by atoms with Gasteiger partial charge in [-0.25, -0.2) is 0 Å². The van der Waals surface area contributed by atoms with E-state index in [1.807, 2.05) is 30.0 Å². The zero-order valence-corrected chi connectivity index (χ0v) is 14.5. The molecule has 1 fully saturated rings. The third kappa shape index (κ3) is 3.61. The lowest BCUT2D eigenvalue weighted by atomic mass is 9.98. The van der Waals surface area contributed by atoms with E-state index >= 15 is 0 Å². The van der Waals surface area contributed by atoms with Crippen LogP contribution in [0.3, 0.4) is 0 Å². The Bertz CT molecular complexity index is 704. The van der Waals surface area contributed by atoms with Crippen LogP contribution in [0.4, 0.5) is 0 Å². The molecule has 2 heterocycles. The predicted molar refractivity (Wildman–Crippen MR) is 91.3 cm³/mol. The standard InChI is InChI=1S/C19H24N2O3/c1-13-6-4-8-17(10-13)23-12-16-7-5-9-21(11-16)19(22)18-14(2)20-24-15(18)3/h4,6,8,10,16H,5,7,9,11-12H2,1-3H3. The third-order valence-corrected chi connectivity index (χ3v) is 4.53. The number of likely N-dealkylation sites (tertiary alicyclic amines) is 1. The number of ether oxygens (including phenoxy) is 1. The number of benzene rings is 1. The largest absolute Gasteiger partial charge is 0.493 e. The topological polar surface area (TPSA) is 55.6 Å². The summed E-state index contributed by atoms with van der Waals surface area (Å²) in [6.07, 6.45) is 2.08. The summed E-state index contributed by atoms with van der Waals surface area (Å²) in [5, 5.41) is 3.89. The van der Waals surface area contributed by atoms with E-state index in [1.165, 1.54) is 5.56 Å². The summed E-state index contributed by atoms with van der Waals surface area (Å²) in [6, 6.07) is 8.06. The Hall–Kier alpha value is -2.30. The molecule has 5 heteroatoms. The summed E-state index contributed by atoms with van der Waals surface area (Å²) < 4.78 is 11.1. The zero-order valence-electron chi connectivity index (χ0n) is 14.5. The summed E-state index contributed by atoms with van der Waals surface area (Å²) >= 11 is 0. The van der Waals surface area contributed by atoms with Gasteiger partial charge in [0.25, 0.3) is 5.91 Å². The maximum Gasteiger partial charge on any atom is 0.259 e. The van der Waals surface area contributed by atoms with E-state index in [-0.39, 0.29) is 5.91 Å². The number of hydrogen-bond acceptors (Lipinski definition) is 4. The lowest BCUT2D eigenvalue weighted by Crippen LogP contribution is -2.41. The summed E-state index contributed by atoms with van der Waals surface area (Å²) in [4.78, 5) is 14.7. The number of aromatic nitrogens is 1. The minimum atomic E-state index is 0.0199. The third-order valence-electron chi connectivity index (χ3n) is 4.53. The maximum atomic E-state index is 12.8. The quantitative estimate of drug-likeness (QED) is 0.861. The van der Waals surface area contributed by atoms with Crippen LogP contribution in [0.2, 0.25) is 0 Å². The molecule has 1 unspecified atom stereocenters. The zero-order chi connectivity index (χ0) is 17.1. The molecule has 5 nitrogen and oxygen atoms in total. The molecular weight excluding hydrogens is 304 g/mol. The van der Waals surface area contributed by atoms with E-state index in [0.717, 1.165) is 25.1 Å². The molecule has 0 N–H and O–H groups in total. The van der Waals surface area contributed by atoms with Crippen LogP contribution in [0.15, 0.2) is 28.8 Å². The number of nitrogens with zero attached hydrogens (tertiary/aromatic N) is 2. The minimum absolute atomic E-state index is 0.0199. The van der Waals surface area contributed by atoms with Crippen LogP contribution in [-0.4, -0.2) is 35.7 Å². The highest BCUT2D eigenvalue weighted by Crippen LogP contribution is 2.23. The average Bonchev–Trinajstić information content (AvgIpc) is 2.91. The van der Waals surface area contributed by atoms with Gasteiger partial charge in [0, 0.05) is 19.0 Å². The fourth-order valence-corrected chi connectivity index (χ4v) is 3.25. The predicted octanol–water partition coefficient (Wildman–Crippen LogP) is 3.53. The minimum Gasteiger partial charge on any atom is -0.493 e. The van der Waals surface area contributed by atoms with Crippen molar-refractivity contribution < 1.29 is 14.1 Å². The Kier molecular flexibility index (Phi) is 4.88. The van der Waals surface area contributed by atoms with Gasteiger partial charge in [-0.15, -0.1) is 0 Å². The molecule has 0 spiro atoms. The van der Waals surface area contributed by atoms with Crippen molar-refractivity contribution in [3.05, 3.63) is 46.8 Å². The molecule has 128 valence electrons. The second-order valence-corrected chi connectivity index (χ2v) is 6.59. The number of hydrogen-bond donors (Lipinski definition) is 0. The van der Waals surface area contributed by atoms with Gasteiger partial charge in [-0.2, -0.15) is 0 Å². The molecule has 0 bridgehead atoms. The maximum absolute atomic E-state index is 12.8. The van der Waals surface area contributed by atoms with Gasteiger partial charge in [0.05, 0.1) is 12.3 Å². The molecule has 1 aliphatic heterocycles. The summed E-state index contributed by atoms with van der Waals surface area (Å²) in [6.45, 7) is 7.78. The summed E-state index contributed by atoms with van der Waals surface area (Å²) in [5.74, 6) is 1.86. The normalized spacial score (nSPS) is 17.8. The van der Waals surface area contributed by atoms with E-state index in [1.54, 1.807) is 6.92 Å². The van der Waals surface area contributed by atoms with Crippen molar-refractivity contribution >= 4 is 5.91 Å². The van der Waals surface area contributed by atoms with Gasteiger partial charge in [-0.1, -0.05) is 17.3 Å². The molecule has 1 amide bonds. The van der Waals surface area contributed by atoms with Crippen molar-refractivity contribution in [1.29, 1.82) is 0 Å². The van der Waals surface area contributed by atoms with Crippen molar-refractivity contribution in [2.24, 2.45) is 5.92 Å². The number of amides is 1. The van der Waals surface area contributed by atoms with Crippen molar-refractivity contribution in [3.63, 3.8) is 0 Å². The molecule has 1 aromatic heterocycles. The van der Waals surface area contributed by atoms with Gasteiger partial charge < -0.3 is 14.2 Å². The Morgan fingerprint density at radius 1 is 1.38 bits per heavy atom. The van der Waals surface area contributed by atoms with Gasteiger partial charge in [0.15, 0.2) is 0 Å². The first-order chi connectivity index (χ1) is 11.5. The molecule has 1 aromatic carbocycles. The Balaban J connectivity index is 1.61. The van der Waals surface area contributed by atoms with Gasteiger partial charge >= 0.3 is 0 Å². The smallest absolute Gasteiger partial charge is 0.259 e. The molecule has 0 radical (unpaired) electrons. The van der Waals surface area contributed by atoms with E-state index in [0.29, 0.717) is 36.1 Å². The highest BCUT2D eigenvalue weighted by Gasteiger charge is 2.28. The second kappa shape index (κ2) is 7.07. The van der Waals surface area contributed by atoms with E-state index in [9.17, 15) is 4.79 Å². The summed E-state index contributed by atoms with van der Waals surface area (Å²) in [7, 11) is 0. The average molecular weight is 328 g/mol. The van der Waals surface area contributed by atoms with Crippen LogP contribution in [-0.2, 0) is 0 Å². The van der Waals surface area contributed by atoms with Crippen LogP contribution < -0.4 is 4.74 Å². The van der Waals surface area contributed by atoms with Gasteiger partial charge in [-0.3, -0.25) is 4.79 Å². The molecule has 0 saturated carbocycles. The number of carbonyl (C=O) groups is 1. The van der Waals surface area contributed by atoms with Crippen molar-refractivity contribution in [3.8, 4) is 5.75 Å². The van der Waals surface area contributed by atoms with Crippen molar-refractivity contribution in [2.45, 2.75) is 33.6 Å². The first-order valence-electron chi connectivity index (χ1n) is 8.46. The molecule has 0 aliphatic carbocycles. The van der Waals surface area contributed by atoms with Gasteiger partial charge in [0.2, 0.25) is 0 Å². The van der Waals surface area contributed by atoms with E-state index in [4.69, 9.17) is 9.26 Å². The molecule has 1 saturated heterocycles. The van der Waals surface area contributed by atoms with Gasteiger partial charge in [-0.05, 0) is 51.3 Å². The summed E-state index contributed by atoms with van der Waals surface area (Å²) in [5.41, 5.74) is 2.46. The highest BCUT2D eigenvalue weighted by molar-refractivity contribution is 5.96. The number of carbonyl (C=O) groups excluding carboxylic acids is 1. The SMILES string of the molecule is Cc1cccc(OCC2CCCN(C(=O)c3c(C)noc3C)C2)c1. The fourth-order valence-electron chi connectivity index (χ4n) is 3.25. The highest BCUT2D eigenvalue weighted by atomic mass is 16.5. The molecule has 24 heavy (non-hydrogen) atoms. The lowest BCUT2D eigenvalue weighted by molar-refractivity contribution is 0.0631. The Morgan fingerprint density at radius 2 is 2.21 bits per heavy atom. The van der Waals surface area contributed by atoms with Gasteiger partial charge in [0.1, 0.15) is 17.1 Å². The number of aryl methyl sites for hydroxylation is 3. The second-order valence-electron chi connectivity index (χ2n) is 6.59. The van der Waals surface area contributed by atoms with Crippen LogP contribution in [0, 0.1) is 26.7 Å². The molecule has 2 aromatic rings. The van der Waals surface area contributed by atoms with Crippen LogP contribution in [0.1, 0.15) is 40.2 Å². The monoisotopic (exact) mass is 328 g/mol. The van der Waals surface area contributed by atoms with E-state index < -0.39 is 0 Å². The van der Waals surface area contributed by atoms with Crippen LogP contribution in [0.5, 0.6) is 5.75 Å².